The van der Waals surface area contributed by atoms with Crippen molar-refractivity contribution in [1.29, 1.82) is 0 Å². The van der Waals surface area contributed by atoms with Crippen LogP contribution in [0.3, 0.4) is 0 Å². The van der Waals surface area contributed by atoms with Gasteiger partial charge in [-0.3, -0.25) is 10.1 Å². The largest absolute Gasteiger partial charge is 0.433 e. The molecule has 1 heterocycles. The van der Waals surface area contributed by atoms with Gasteiger partial charge in [0.25, 0.3) is 0 Å². The standard InChI is InChI=1S/C12H10FNO4/c1-7-6-8(2-3-9(7)13)12(15)10-4-5-11(18-10)14(16)17/h2-6,12,15H,1H3. The van der Waals surface area contributed by atoms with Crippen molar-refractivity contribution in [3.05, 3.63) is 63.2 Å². The number of furan rings is 1. The molecular formula is C12H10FNO4. The van der Waals surface area contributed by atoms with E-state index in [1.54, 1.807) is 6.92 Å². The molecule has 1 aromatic carbocycles. The van der Waals surface area contributed by atoms with Crippen LogP contribution in [-0.4, -0.2) is 10.0 Å². The summed E-state index contributed by atoms with van der Waals surface area (Å²) in [6, 6.07) is 6.58. The van der Waals surface area contributed by atoms with E-state index < -0.39 is 16.9 Å². The van der Waals surface area contributed by atoms with Gasteiger partial charge in [-0.25, -0.2) is 4.39 Å². The van der Waals surface area contributed by atoms with Crippen molar-refractivity contribution in [2.24, 2.45) is 0 Å². The Labute approximate surface area is 102 Å². The van der Waals surface area contributed by atoms with E-state index in [1.807, 2.05) is 0 Å². The molecule has 0 aliphatic carbocycles. The number of aryl methyl sites for hydroxylation is 1. The van der Waals surface area contributed by atoms with Crippen LogP contribution in [0.4, 0.5) is 10.3 Å². The summed E-state index contributed by atoms with van der Waals surface area (Å²) in [5, 5.41) is 20.4. The second kappa shape index (κ2) is 4.58. The highest BCUT2D eigenvalue weighted by atomic mass is 19.1. The minimum Gasteiger partial charge on any atom is -0.403 e. The van der Waals surface area contributed by atoms with Crippen molar-refractivity contribution in [3.63, 3.8) is 0 Å². The third kappa shape index (κ3) is 2.23. The minimum absolute atomic E-state index is 0.0488. The number of benzene rings is 1. The van der Waals surface area contributed by atoms with Gasteiger partial charge < -0.3 is 9.52 Å². The molecule has 1 N–H and O–H groups in total. The Morgan fingerprint density at radius 2 is 2.11 bits per heavy atom. The molecule has 0 saturated carbocycles. The molecule has 1 unspecified atom stereocenters. The third-order valence-electron chi connectivity index (χ3n) is 2.56. The highest BCUT2D eigenvalue weighted by molar-refractivity contribution is 5.31. The van der Waals surface area contributed by atoms with E-state index in [1.165, 1.54) is 24.3 Å². The maximum atomic E-state index is 13.1. The predicted molar refractivity (Wildman–Crippen MR) is 60.6 cm³/mol. The number of nitro groups is 1. The zero-order valence-corrected chi connectivity index (χ0v) is 9.46. The van der Waals surface area contributed by atoms with E-state index in [2.05, 4.69) is 0 Å². The maximum absolute atomic E-state index is 13.1. The summed E-state index contributed by atoms with van der Waals surface area (Å²) >= 11 is 0. The lowest BCUT2D eigenvalue weighted by Crippen LogP contribution is -1.99. The number of hydrogen-bond acceptors (Lipinski definition) is 4. The van der Waals surface area contributed by atoms with Crippen LogP contribution in [0.25, 0.3) is 0 Å². The molecule has 1 atom stereocenters. The van der Waals surface area contributed by atoms with Crippen LogP contribution >= 0.6 is 0 Å². The van der Waals surface area contributed by atoms with E-state index in [0.717, 1.165) is 6.07 Å². The monoisotopic (exact) mass is 251 g/mol. The van der Waals surface area contributed by atoms with Gasteiger partial charge in [0, 0.05) is 0 Å². The predicted octanol–water partition coefficient (Wildman–Crippen LogP) is 2.72. The summed E-state index contributed by atoms with van der Waals surface area (Å²) in [6.07, 6.45) is -1.15. The molecule has 2 aromatic rings. The van der Waals surface area contributed by atoms with Gasteiger partial charge in [-0.1, -0.05) is 12.1 Å². The molecule has 0 radical (unpaired) electrons. The Balaban J connectivity index is 2.31. The number of aliphatic hydroxyl groups excluding tert-OH is 1. The molecule has 0 fully saturated rings. The number of rotatable bonds is 3. The van der Waals surface area contributed by atoms with Crippen molar-refractivity contribution < 1.29 is 18.8 Å². The lowest BCUT2D eigenvalue weighted by molar-refractivity contribution is -0.402. The molecule has 0 saturated heterocycles. The molecular weight excluding hydrogens is 241 g/mol. The van der Waals surface area contributed by atoms with E-state index in [0.29, 0.717) is 11.1 Å². The van der Waals surface area contributed by atoms with E-state index in [4.69, 9.17) is 4.42 Å². The van der Waals surface area contributed by atoms with Crippen LogP contribution < -0.4 is 0 Å². The summed E-state index contributed by atoms with van der Waals surface area (Å²) in [5.41, 5.74) is 0.797. The second-order valence-corrected chi connectivity index (χ2v) is 3.84. The van der Waals surface area contributed by atoms with E-state index in [-0.39, 0.29) is 11.6 Å². The zero-order chi connectivity index (χ0) is 13.3. The summed E-state index contributed by atoms with van der Waals surface area (Å²) in [5.74, 6) is -0.771. The minimum atomic E-state index is -1.15. The van der Waals surface area contributed by atoms with Crippen LogP contribution in [0.1, 0.15) is 23.0 Å². The van der Waals surface area contributed by atoms with Crippen molar-refractivity contribution in [1.82, 2.24) is 0 Å². The van der Waals surface area contributed by atoms with Gasteiger partial charge in [-0.05, 0) is 30.2 Å². The number of hydrogen-bond donors (Lipinski definition) is 1. The first-order chi connectivity index (χ1) is 8.49. The van der Waals surface area contributed by atoms with Gasteiger partial charge in [-0.15, -0.1) is 0 Å². The average Bonchev–Trinajstić information content (AvgIpc) is 2.81. The Morgan fingerprint density at radius 1 is 1.39 bits per heavy atom. The molecule has 18 heavy (non-hydrogen) atoms. The Hall–Kier alpha value is -2.21. The van der Waals surface area contributed by atoms with Crippen molar-refractivity contribution in [2.75, 3.05) is 0 Å². The lowest BCUT2D eigenvalue weighted by Gasteiger charge is -2.08. The highest BCUT2D eigenvalue weighted by Gasteiger charge is 2.19. The maximum Gasteiger partial charge on any atom is 0.433 e. The Bertz CT molecular complexity index is 594. The van der Waals surface area contributed by atoms with Gasteiger partial charge in [-0.2, -0.15) is 0 Å². The molecule has 6 heteroatoms. The molecule has 0 aliphatic heterocycles. The molecule has 5 nitrogen and oxygen atoms in total. The summed E-state index contributed by atoms with van der Waals surface area (Å²) in [6.45, 7) is 1.57. The first-order valence-corrected chi connectivity index (χ1v) is 5.17. The Kier molecular flexibility index (Phi) is 3.12. The third-order valence-corrected chi connectivity index (χ3v) is 2.56. The molecule has 0 bridgehead atoms. The number of halogens is 1. The van der Waals surface area contributed by atoms with Crippen LogP contribution in [0.5, 0.6) is 0 Å². The molecule has 0 spiro atoms. The molecule has 94 valence electrons. The summed E-state index contributed by atoms with van der Waals surface area (Å²) in [4.78, 5) is 9.76. The number of nitrogens with zero attached hydrogens (tertiary/aromatic N) is 1. The van der Waals surface area contributed by atoms with E-state index >= 15 is 0 Å². The fourth-order valence-electron chi connectivity index (χ4n) is 1.59. The van der Waals surface area contributed by atoms with Crippen LogP contribution in [0, 0.1) is 22.9 Å². The first-order valence-electron chi connectivity index (χ1n) is 5.17. The van der Waals surface area contributed by atoms with Gasteiger partial charge in [0.2, 0.25) is 0 Å². The fourth-order valence-corrected chi connectivity index (χ4v) is 1.59. The molecule has 2 rings (SSSR count). The number of aliphatic hydroxyl groups is 1. The topological polar surface area (TPSA) is 76.5 Å². The van der Waals surface area contributed by atoms with Gasteiger partial charge in [0.1, 0.15) is 22.6 Å². The SMILES string of the molecule is Cc1cc(C(O)c2ccc([N+](=O)[O-])o2)ccc1F. The van der Waals surface area contributed by atoms with Crippen molar-refractivity contribution in [2.45, 2.75) is 13.0 Å². The summed E-state index contributed by atoms with van der Waals surface area (Å²) in [7, 11) is 0. The van der Waals surface area contributed by atoms with Crippen molar-refractivity contribution in [3.8, 4) is 0 Å². The second-order valence-electron chi connectivity index (χ2n) is 3.84. The molecule has 1 aromatic heterocycles. The fraction of sp³-hybridized carbons (Fsp3) is 0.167. The van der Waals surface area contributed by atoms with Crippen LogP contribution in [0.2, 0.25) is 0 Å². The van der Waals surface area contributed by atoms with Crippen LogP contribution in [-0.2, 0) is 0 Å². The average molecular weight is 251 g/mol. The van der Waals surface area contributed by atoms with Crippen molar-refractivity contribution >= 4 is 5.88 Å². The normalized spacial score (nSPS) is 12.4. The molecule has 0 aliphatic rings. The lowest BCUT2D eigenvalue weighted by atomic mass is 10.0. The first kappa shape index (κ1) is 12.3. The van der Waals surface area contributed by atoms with Gasteiger partial charge >= 0.3 is 5.88 Å². The Morgan fingerprint density at radius 3 is 2.67 bits per heavy atom. The smallest absolute Gasteiger partial charge is 0.403 e. The van der Waals surface area contributed by atoms with Crippen LogP contribution in [0.15, 0.2) is 34.7 Å². The quantitative estimate of drug-likeness (QED) is 0.672. The van der Waals surface area contributed by atoms with Gasteiger partial charge in [0.05, 0.1) is 6.07 Å². The highest BCUT2D eigenvalue weighted by Crippen LogP contribution is 2.27. The summed E-state index contributed by atoms with van der Waals surface area (Å²) < 4.78 is 18.0. The van der Waals surface area contributed by atoms with E-state index in [9.17, 15) is 19.6 Å². The zero-order valence-electron chi connectivity index (χ0n) is 9.46. The molecule has 0 amide bonds. The van der Waals surface area contributed by atoms with Gasteiger partial charge in [0.15, 0.2) is 0 Å².